The lowest BCUT2D eigenvalue weighted by atomic mass is 9.78. The van der Waals surface area contributed by atoms with Gasteiger partial charge in [-0.2, -0.15) is 0 Å². The lowest BCUT2D eigenvalue weighted by molar-refractivity contribution is -0.149. The number of nitrogens with zero attached hydrogens (tertiary/aromatic N) is 1. The zero-order valence-electron chi connectivity index (χ0n) is 13.8. The number of carboxylic acids is 1. The molecule has 130 valence electrons. The van der Waals surface area contributed by atoms with Crippen LogP contribution >= 0.6 is 11.6 Å². The molecule has 2 fully saturated rings. The molecule has 0 spiro atoms. The second-order valence-corrected chi connectivity index (χ2v) is 7.66. The van der Waals surface area contributed by atoms with Crippen LogP contribution in [0.3, 0.4) is 0 Å². The van der Waals surface area contributed by atoms with Crippen LogP contribution in [0.2, 0.25) is 5.02 Å². The number of hydrogen-bond acceptors (Lipinski definition) is 2. The Bertz CT molecular complexity index is 625. The van der Waals surface area contributed by atoms with Gasteiger partial charge in [-0.05, 0) is 49.8 Å². The Hall–Kier alpha value is -1.55. The summed E-state index contributed by atoms with van der Waals surface area (Å²) in [6, 6.07) is 7.73. The van der Waals surface area contributed by atoms with E-state index in [2.05, 4.69) is 0 Å². The van der Waals surface area contributed by atoms with E-state index in [0.29, 0.717) is 31.0 Å². The number of amides is 1. The molecule has 1 atom stereocenters. The van der Waals surface area contributed by atoms with Gasteiger partial charge in [0.15, 0.2) is 0 Å². The van der Waals surface area contributed by atoms with Crippen LogP contribution in [0, 0.1) is 11.3 Å². The number of carbonyl (C=O) groups excluding carboxylic acids is 1. The molecule has 1 aliphatic carbocycles. The summed E-state index contributed by atoms with van der Waals surface area (Å²) >= 11 is 6.10. The van der Waals surface area contributed by atoms with Crippen molar-refractivity contribution in [2.75, 3.05) is 13.1 Å². The summed E-state index contributed by atoms with van der Waals surface area (Å²) in [5, 5.41) is 9.97. The van der Waals surface area contributed by atoms with Crippen molar-refractivity contribution in [3.8, 4) is 0 Å². The zero-order valence-corrected chi connectivity index (χ0v) is 14.6. The van der Waals surface area contributed by atoms with Gasteiger partial charge in [-0.1, -0.05) is 36.6 Å². The van der Waals surface area contributed by atoms with E-state index >= 15 is 0 Å². The molecule has 24 heavy (non-hydrogen) atoms. The second kappa shape index (κ2) is 7.14. The van der Waals surface area contributed by atoms with E-state index in [1.165, 1.54) is 0 Å². The van der Waals surface area contributed by atoms with Crippen molar-refractivity contribution >= 4 is 23.5 Å². The van der Waals surface area contributed by atoms with Gasteiger partial charge in [0.05, 0.1) is 11.3 Å². The maximum absolute atomic E-state index is 13.3. The number of rotatable bonds is 4. The Balaban J connectivity index is 1.79. The lowest BCUT2D eigenvalue weighted by Crippen LogP contribution is -2.49. The monoisotopic (exact) mass is 349 g/mol. The van der Waals surface area contributed by atoms with Gasteiger partial charge in [-0.25, -0.2) is 0 Å². The Kier molecular flexibility index (Phi) is 5.14. The van der Waals surface area contributed by atoms with Crippen LogP contribution in [-0.2, 0) is 16.0 Å². The van der Waals surface area contributed by atoms with Gasteiger partial charge in [0.1, 0.15) is 0 Å². The number of likely N-dealkylation sites (tertiary alicyclic amines) is 1. The predicted octanol–water partition coefficient (Wildman–Crippen LogP) is 3.77. The average Bonchev–Trinajstić information content (AvgIpc) is 3.04. The Morgan fingerprint density at radius 2 is 2.00 bits per heavy atom. The molecule has 0 aromatic heterocycles. The van der Waals surface area contributed by atoms with E-state index in [4.69, 9.17) is 11.6 Å². The van der Waals surface area contributed by atoms with E-state index in [1.54, 1.807) is 4.90 Å². The maximum atomic E-state index is 13.3. The Morgan fingerprint density at radius 3 is 2.67 bits per heavy atom. The van der Waals surface area contributed by atoms with Crippen molar-refractivity contribution in [1.82, 2.24) is 4.90 Å². The van der Waals surface area contributed by atoms with Gasteiger partial charge in [-0.3, -0.25) is 9.59 Å². The molecule has 1 aliphatic heterocycles. The van der Waals surface area contributed by atoms with Gasteiger partial charge in [0.2, 0.25) is 5.91 Å². The van der Waals surface area contributed by atoms with Crippen molar-refractivity contribution in [3.63, 3.8) is 0 Å². The molecule has 5 heteroatoms. The second-order valence-electron chi connectivity index (χ2n) is 7.22. The van der Waals surface area contributed by atoms with Crippen molar-refractivity contribution in [2.24, 2.45) is 11.3 Å². The largest absolute Gasteiger partial charge is 0.481 e. The molecule has 0 radical (unpaired) electrons. The Labute approximate surface area is 147 Å². The first kappa shape index (κ1) is 17.3. The summed E-state index contributed by atoms with van der Waals surface area (Å²) in [5.41, 5.74) is 0.704. The van der Waals surface area contributed by atoms with Crippen molar-refractivity contribution in [2.45, 2.75) is 44.9 Å². The average molecular weight is 350 g/mol. The molecule has 2 aliphatic rings. The molecule has 0 unspecified atom stereocenters. The SMILES string of the molecule is O=C(O)[C@H]1CCCN(C(=O)C2(Cc3cccc(Cl)c3)CCCC2)C1. The summed E-state index contributed by atoms with van der Waals surface area (Å²) < 4.78 is 0. The first-order chi connectivity index (χ1) is 11.5. The van der Waals surface area contributed by atoms with E-state index in [9.17, 15) is 14.7 Å². The molecule has 0 bridgehead atoms. The van der Waals surface area contributed by atoms with Gasteiger partial charge in [0.25, 0.3) is 0 Å². The molecule has 1 aromatic carbocycles. The van der Waals surface area contributed by atoms with Gasteiger partial charge in [-0.15, -0.1) is 0 Å². The van der Waals surface area contributed by atoms with Crippen LogP contribution in [-0.4, -0.2) is 35.0 Å². The van der Waals surface area contributed by atoms with Gasteiger partial charge >= 0.3 is 5.97 Å². The van der Waals surface area contributed by atoms with Gasteiger partial charge < -0.3 is 10.0 Å². The highest BCUT2D eigenvalue weighted by atomic mass is 35.5. The maximum Gasteiger partial charge on any atom is 0.308 e. The summed E-state index contributed by atoms with van der Waals surface area (Å²) in [6.45, 7) is 1.03. The summed E-state index contributed by atoms with van der Waals surface area (Å²) in [7, 11) is 0. The molecule has 4 nitrogen and oxygen atoms in total. The van der Waals surface area contributed by atoms with E-state index in [0.717, 1.165) is 37.7 Å². The summed E-state index contributed by atoms with van der Waals surface area (Å²) in [5.74, 6) is -1.07. The van der Waals surface area contributed by atoms with Gasteiger partial charge in [0, 0.05) is 18.1 Å². The number of aliphatic carboxylic acids is 1. The number of benzene rings is 1. The minimum absolute atomic E-state index is 0.144. The zero-order chi connectivity index (χ0) is 17.2. The molecule has 1 N–H and O–H groups in total. The molecular formula is C19H24ClNO3. The third-order valence-electron chi connectivity index (χ3n) is 5.50. The van der Waals surface area contributed by atoms with Crippen molar-refractivity contribution in [3.05, 3.63) is 34.9 Å². The molecule has 1 aromatic rings. The van der Waals surface area contributed by atoms with Crippen LogP contribution in [0.1, 0.15) is 44.1 Å². The first-order valence-electron chi connectivity index (χ1n) is 8.77. The van der Waals surface area contributed by atoms with Crippen molar-refractivity contribution < 1.29 is 14.7 Å². The number of halogens is 1. The van der Waals surface area contributed by atoms with E-state index in [-0.39, 0.29) is 11.3 Å². The molecular weight excluding hydrogens is 326 g/mol. The molecule has 1 amide bonds. The normalized spacial score (nSPS) is 23.2. The van der Waals surface area contributed by atoms with Crippen LogP contribution in [0.4, 0.5) is 0 Å². The fraction of sp³-hybridized carbons (Fsp3) is 0.579. The fourth-order valence-corrected chi connectivity index (χ4v) is 4.47. The molecule has 1 heterocycles. The summed E-state index contributed by atoms with van der Waals surface area (Å²) in [4.78, 5) is 26.4. The molecule has 1 saturated carbocycles. The van der Waals surface area contributed by atoms with Crippen LogP contribution < -0.4 is 0 Å². The topological polar surface area (TPSA) is 57.6 Å². The third kappa shape index (κ3) is 3.59. The number of carbonyl (C=O) groups is 2. The van der Waals surface area contributed by atoms with E-state index < -0.39 is 11.9 Å². The predicted molar refractivity (Wildman–Crippen MR) is 93.0 cm³/mol. The third-order valence-corrected chi connectivity index (χ3v) is 5.74. The highest BCUT2D eigenvalue weighted by Gasteiger charge is 2.44. The minimum atomic E-state index is -0.789. The lowest BCUT2D eigenvalue weighted by Gasteiger charge is -2.38. The number of carboxylic acid groups (broad SMARTS) is 1. The smallest absolute Gasteiger partial charge is 0.308 e. The highest BCUT2D eigenvalue weighted by molar-refractivity contribution is 6.30. The molecule has 3 rings (SSSR count). The summed E-state index contributed by atoms with van der Waals surface area (Å²) in [6.07, 6.45) is 6.02. The minimum Gasteiger partial charge on any atom is -0.481 e. The highest BCUT2D eigenvalue weighted by Crippen LogP contribution is 2.43. The quantitative estimate of drug-likeness (QED) is 0.900. The Morgan fingerprint density at radius 1 is 1.25 bits per heavy atom. The number of hydrogen-bond donors (Lipinski definition) is 1. The number of piperidine rings is 1. The van der Waals surface area contributed by atoms with E-state index in [1.807, 2.05) is 24.3 Å². The fourth-order valence-electron chi connectivity index (χ4n) is 4.25. The van der Waals surface area contributed by atoms with Crippen LogP contribution in [0.15, 0.2) is 24.3 Å². The molecule has 1 saturated heterocycles. The first-order valence-corrected chi connectivity index (χ1v) is 9.15. The van der Waals surface area contributed by atoms with Crippen molar-refractivity contribution in [1.29, 1.82) is 0 Å². The van der Waals surface area contributed by atoms with Crippen LogP contribution in [0.5, 0.6) is 0 Å². The standard InChI is InChI=1S/C19H24ClNO3/c20-16-7-3-5-14(11-16)12-19(8-1-2-9-19)18(24)21-10-4-6-15(13-21)17(22)23/h3,5,7,11,15H,1-2,4,6,8-10,12-13H2,(H,22,23)/t15-/m0/s1. The van der Waals surface area contributed by atoms with Crippen LogP contribution in [0.25, 0.3) is 0 Å².